The summed E-state index contributed by atoms with van der Waals surface area (Å²) in [6.45, 7) is 3.87. The van der Waals surface area contributed by atoms with Gasteiger partial charge >= 0.3 is 0 Å². The molecule has 2 fully saturated rings. The predicted octanol–water partition coefficient (Wildman–Crippen LogP) is 1.28. The first kappa shape index (κ1) is 11.8. The number of hydrogen-bond donors (Lipinski definition) is 0. The number of rotatable bonds is 2. The first-order chi connectivity index (χ1) is 9.85. The molecule has 0 aliphatic carbocycles. The lowest BCUT2D eigenvalue weighted by atomic mass is 9.87. The summed E-state index contributed by atoms with van der Waals surface area (Å²) in [5.74, 6) is 1.85. The second-order valence-electron chi connectivity index (χ2n) is 5.68. The maximum atomic E-state index is 5.58. The van der Waals surface area contributed by atoms with Crippen LogP contribution in [0.4, 0.5) is 5.82 Å². The highest BCUT2D eigenvalue weighted by atomic mass is 16.5. The van der Waals surface area contributed by atoms with Gasteiger partial charge in [0.05, 0.1) is 6.61 Å². The van der Waals surface area contributed by atoms with E-state index >= 15 is 0 Å². The molecule has 2 aliphatic heterocycles. The first-order valence-electron chi connectivity index (χ1n) is 6.98. The smallest absolute Gasteiger partial charge is 0.143 e. The van der Waals surface area contributed by atoms with E-state index in [2.05, 4.69) is 19.9 Å². The molecule has 6 nitrogen and oxygen atoms in total. The SMILES string of the molecule is c1cn(-c2cc(N3CCC4(CCOC4)C3)ncn2)cn1. The number of imidazole rings is 1. The van der Waals surface area contributed by atoms with Crippen molar-refractivity contribution in [3.8, 4) is 5.82 Å². The molecule has 104 valence electrons. The lowest BCUT2D eigenvalue weighted by molar-refractivity contribution is 0.160. The van der Waals surface area contributed by atoms with Gasteiger partial charge in [-0.05, 0) is 12.8 Å². The average Bonchev–Trinajstić information content (AvgIpc) is 3.22. The van der Waals surface area contributed by atoms with Crippen molar-refractivity contribution in [1.82, 2.24) is 19.5 Å². The van der Waals surface area contributed by atoms with E-state index in [1.165, 1.54) is 12.8 Å². The third-order valence-electron chi connectivity index (χ3n) is 4.35. The molecular formula is C14H17N5O. The molecule has 0 amide bonds. The van der Waals surface area contributed by atoms with Crippen molar-refractivity contribution in [3.63, 3.8) is 0 Å². The molecule has 20 heavy (non-hydrogen) atoms. The van der Waals surface area contributed by atoms with E-state index in [-0.39, 0.29) is 0 Å². The van der Waals surface area contributed by atoms with Crippen LogP contribution >= 0.6 is 0 Å². The molecule has 4 rings (SSSR count). The van der Waals surface area contributed by atoms with Gasteiger partial charge < -0.3 is 9.64 Å². The van der Waals surface area contributed by atoms with Gasteiger partial charge in [-0.25, -0.2) is 15.0 Å². The van der Waals surface area contributed by atoms with Crippen LogP contribution in [0, 0.1) is 5.41 Å². The quantitative estimate of drug-likeness (QED) is 0.823. The minimum absolute atomic E-state index is 0.347. The molecule has 0 saturated carbocycles. The van der Waals surface area contributed by atoms with E-state index in [0.29, 0.717) is 5.41 Å². The number of aromatic nitrogens is 4. The van der Waals surface area contributed by atoms with E-state index < -0.39 is 0 Å². The molecule has 1 atom stereocenters. The Hall–Kier alpha value is -1.95. The Morgan fingerprint density at radius 3 is 2.95 bits per heavy atom. The zero-order valence-corrected chi connectivity index (χ0v) is 11.3. The Morgan fingerprint density at radius 1 is 1.20 bits per heavy atom. The van der Waals surface area contributed by atoms with Crippen molar-refractivity contribution in [2.45, 2.75) is 12.8 Å². The largest absolute Gasteiger partial charge is 0.381 e. The highest BCUT2D eigenvalue weighted by Crippen LogP contribution is 2.39. The maximum absolute atomic E-state index is 5.58. The van der Waals surface area contributed by atoms with E-state index in [1.54, 1.807) is 18.9 Å². The Bertz CT molecular complexity index is 591. The summed E-state index contributed by atoms with van der Waals surface area (Å²) in [5, 5.41) is 0. The summed E-state index contributed by atoms with van der Waals surface area (Å²) in [5.41, 5.74) is 0.347. The van der Waals surface area contributed by atoms with E-state index in [1.807, 2.05) is 16.8 Å². The number of ether oxygens (including phenoxy) is 1. The van der Waals surface area contributed by atoms with Gasteiger partial charge in [-0.15, -0.1) is 0 Å². The minimum Gasteiger partial charge on any atom is -0.381 e. The van der Waals surface area contributed by atoms with Gasteiger partial charge in [-0.1, -0.05) is 0 Å². The molecule has 2 aliphatic rings. The van der Waals surface area contributed by atoms with Gasteiger partial charge in [0.1, 0.15) is 24.3 Å². The van der Waals surface area contributed by atoms with Crippen molar-refractivity contribution in [1.29, 1.82) is 0 Å². The molecular weight excluding hydrogens is 254 g/mol. The third-order valence-corrected chi connectivity index (χ3v) is 4.35. The van der Waals surface area contributed by atoms with Crippen LogP contribution in [0.3, 0.4) is 0 Å². The van der Waals surface area contributed by atoms with E-state index in [4.69, 9.17) is 4.74 Å². The molecule has 2 aromatic heterocycles. The fourth-order valence-corrected chi connectivity index (χ4v) is 3.15. The van der Waals surface area contributed by atoms with Crippen molar-refractivity contribution in [2.75, 3.05) is 31.2 Å². The summed E-state index contributed by atoms with van der Waals surface area (Å²) >= 11 is 0. The van der Waals surface area contributed by atoms with Gasteiger partial charge in [0.15, 0.2) is 0 Å². The van der Waals surface area contributed by atoms with Crippen LogP contribution in [-0.2, 0) is 4.74 Å². The van der Waals surface area contributed by atoms with Crippen LogP contribution < -0.4 is 4.90 Å². The normalized spacial score (nSPS) is 25.7. The molecule has 0 aromatic carbocycles. The summed E-state index contributed by atoms with van der Waals surface area (Å²) in [6, 6.07) is 2.02. The van der Waals surface area contributed by atoms with Gasteiger partial charge in [0, 0.05) is 43.6 Å². The monoisotopic (exact) mass is 271 g/mol. The molecule has 6 heteroatoms. The molecule has 0 radical (unpaired) electrons. The average molecular weight is 271 g/mol. The van der Waals surface area contributed by atoms with Gasteiger partial charge in [-0.2, -0.15) is 0 Å². The number of nitrogens with zero attached hydrogens (tertiary/aromatic N) is 5. The van der Waals surface area contributed by atoms with Crippen LogP contribution in [0.2, 0.25) is 0 Å². The Labute approximate surface area is 117 Å². The molecule has 1 unspecified atom stereocenters. The molecule has 0 N–H and O–H groups in total. The fourth-order valence-electron chi connectivity index (χ4n) is 3.15. The standard InChI is InChI=1S/C14H17N5O/c1-4-18(8-14(1)2-6-20-9-14)12-7-13(17-10-16-12)19-5-3-15-11-19/h3,5,7,10-11H,1-2,4,6,8-9H2. The van der Waals surface area contributed by atoms with Crippen LogP contribution in [0.25, 0.3) is 5.82 Å². The molecule has 0 bridgehead atoms. The first-order valence-corrected chi connectivity index (χ1v) is 6.98. The van der Waals surface area contributed by atoms with Crippen LogP contribution in [0.15, 0.2) is 31.1 Å². The summed E-state index contributed by atoms with van der Waals surface area (Å²) < 4.78 is 7.48. The second-order valence-corrected chi connectivity index (χ2v) is 5.68. The highest BCUT2D eigenvalue weighted by Gasteiger charge is 2.41. The summed E-state index contributed by atoms with van der Waals surface area (Å²) in [7, 11) is 0. The minimum atomic E-state index is 0.347. The van der Waals surface area contributed by atoms with Crippen molar-refractivity contribution in [3.05, 3.63) is 31.1 Å². The van der Waals surface area contributed by atoms with Crippen molar-refractivity contribution in [2.24, 2.45) is 5.41 Å². The molecule has 2 aromatic rings. The van der Waals surface area contributed by atoms with Crippen molar-refractivity contribution >= 4 is 5.82 Å². The second kappa shape index (κ2) is 4.56. The number of anilines is 1. The van der Waals surface area contributed by atoms with E-state index in [0.717, 1.165) is 37.9 Å². The maximum Gasteiger partial charge on any atom is 0.143 e. The third kappa shape index (κ3) is 1.96. The molecule has 2 saturated heterocycles. The zero-order valence-electron chi connectivity index (χ0n) is 11.3. The van der Waals surface area contributed by atoms with Gasteiger partial charge in [0.25, 0.3) is 0 Å². The van der Waals surface area contributed by atoms with Gasteiger partial charge in [-0.3, -0.25) is 4.57 Å². The Morgan fingerprint density at radius 2 is 2.15 bits per heavy atom. The number of hydrogen-bond acceptors (Lipinski definition) is 5. The summed E-state index contributed by atoms with van der Waals surface area (Å²) in [4.78, 5) is 15.1. The lowest BCUT2D eigenvalue weighted by Gasteiger charge is -2.22. The van der Waals surface area contributed by atoms with Crippen LogP contribution in [-0.4, -0.2) is 45.8 Å². The summed E-state index contributed by atoms with van der Waals surface area (Å²) in [6.07, 6.45) is 9.38. The zero-order chi connectivity index (χ0) is 13.4. The van der Waals surface area contributed by atoms with Crippen molar-refractivity contribution < 1.29 is 4.74 Å². The lowest BCUT2D eigenvalue weighted by Crippen LogP contribution is -2.28. The fraction of sp³-hybridized carbons (Fsp3) is 0.500. The van der Waals surface area contributed by atoms with E-state index in [9.17, 15) is 0 Å². The topological polar surface area (TPSA) is 56.1 Å². The Balaban J connectivity index is 1.59. The van der Waals surface area contributed by atoms with Gasteiger partial charge in [0.2, 0.25) is 0 Å². The molecule has 1 spiro atoms. The van der Waals surface area contributed by atoms with Crippen LogP contribution in [0.1, 0.15) is 12.8 Å². The molecule has 4 heterocycles. The highest BCUT2D eigenvalue weighted by molar-refractivity contribution is 5.45. The Kier molecular flexibility index (Phi) is 2.70. The van der Waals surface area contributed by atoms with Crippen LogP contribution in [0.5, 0.6) is 0 Å². The predicted molar refractivity (Wildman–Crippen MR) is 73.9 cm³/mol.